The van der Waals surface area contributed by atoms with Crippen molar-refractivity contribution in [3.8, 4) is 55.6 Å². The minimum Gasteiger partial charge on any atom is -0.0622 e. The molecular formula is C34H22. The highest BCUT2D eigenvalue weighted by atomic mass is 14.2. The summed E-state index contributed by atoms with van der Waals surface area (Å²) in [4.78, 5) is 0. The van der Waals surface area contributed by atoms with Gasteiger partial charge in [-0.05, 0) is 78.5 Å². The van der Waals surface area contributed by atoms with Gasteiger partial charge in [0.15, 0.2) is 0 Å². The van der Waals surface area contributed by atoms with Gasteiger partial charge in [0.1, 0.15) is 0 Å². The number of rotatable bonds is 3. The third kappa shape index (κ3) is 2.93. The summed E-state index contributed by atoms with van der Waals surface area (Å²) in [5.41, 5.74) is 12.8. The van der Waals surface area contributed by atoms with E-state index in [0.29, 0.717) is 0 Å². The molecule has 34 heavy (non-hydrogen) atoms. The van der Waals surface area contributed by atoms with Crippen LogP contribution in [0.1, 0.15) is 0 Å². The van der Waals surface area contributed by atoms with E-state index in [2.05, 4.69) is 133 Å². The van der Waals surface area contributed by atoms with Gasteiger partial charge in [0, 0.05) is 0 Å². The Bertz CT molecular complexity index is 1670. The summed E-state index contributed by atoms with van der Waals surface area (Å²) < 4.78 is 0. The molecule has 0 heterocycles. The van der Waals surface area contributed by atoms with E-state index in [4.69, 9.17) is 0 Å². The fraction of sp³-hybridized carbons (Fsp3) is 0. The second-order valence-electron chi connectivity index (χ2n) is 8.96. The molecule has 1 aliphatic carbocycles. The number of fused-ring (bicyclic) bond motifs is 3. The van der Waals surface area contributed by atoms with Crippen molar-refractivity contribution < 1.29 is 0 Å². The Kier molecular flexibility index (Phi) is 4.25. The van der Waals surface area contributed by atoms with Crippen molar-refractivity contribution in [1.29, 1.82) is 0 Å². The van der Waals surface area contributed by atoms with Crippen molar-refractivity contribution in [2.75, 3.05) is 0 Å². The first-order valence-electron chi connectivity index (χ1n) is 11.8. The maximum atomic E-state index is 2.39. The van der Waals surface area contributed by atoms with Crippen molar-refractivity contribution in [1.82, 2.24) is 0 Å². The molecule has 0 amide bonds. The van der Waals surface area contributed by atoms with Gasteiger partial charge in [-0.25, -0.2) is 0 Å². The van der Waals surface area contributed by atoms with E-state index >= 15 is 0 Å². The molecule has 0 saturated carbocycles. The Morgan fingerprint density at radius 1 is 0.265 bits per heavy atom. The smallest absolute Gasteiger partial charge is 0.00264 e. The van der Waals surface area contributed by atoms with Crippen LogP contribution in [0.5, 0.6) is 0 Å². The van der Waals surface area contributed by atoms with Crippen molar-refractivity contribution in [2.24, 2.45) is 0 Å². The average Bonchev–Trinajstić information content (AvgIpc) is 3.24. The van der Waals surface area contributed by atoms with Crippen molar-refractivity contribution in [3.63, 3.8) is 0 Å². The zero-order chi connectivity index (χ0) is 22.5. The Hall–Kier alpha value is -4.42. The first-order valence-corrected chi connectivity index (χ1v) is 11.8. The van der Waals surface area contributed by atoms with Crippen LogP contribution in [0.25, 0.3) is 66.4 Å². The molecule has 0 unspecified atom stereocenters. The summed E-state index contributed by atoms with van der Waals surface area (Å²) in [6.07, 6.45) is 0. The molecule has 0 heteroatoms. The highest BCUT2D eigenvalue weighted by molar-refractivity contribution is 6.15. The quantitative estimate of drug-likeness (QED) is 0.262. The van der Waals surface area contributed by atoms with Crippen LogP contribution < -0.4 is 0 Å². The Balaban J connectivity index is 1.46. The van der Waals surface area contributed by atoms with Gasteiger partial charge >= 0.3 is 0 Å². The van der Waals surface area contributed by atoms with Crippen LogP contribution in [-0.4, -0.2) is 0 Å². The topological polar surface area (TPSA) is 0 Å². The monoisotopic (exact) mass is 430 g/mol. The number of hydrogen-bond acceptors (Lipinski definition) is 0. The Morgan fingerprint density at radius 2 is 0.853 bits per heavy atom. The lowest BCUT2D eigenvalue weighted by Crippen LogP contribution is -1.89. The molecule has 6 aromatic rings. The molecule has 0 spiro atoms. The zero-order valence-corrected chi connectivity index (χ0v) is 18.7. The standard InChI is InChI=1S/C34H22/c1-3-9-23(10-4-1)26-17-19-28(24-11-5-2-6-12-24)32(21-26)27-18-20-29-30-15-7-13-25-14-8-16-31(34(25)30)33(29)22-27/h1-22H. The van der Waals surface area contributed by atoms with Gasteiger partial charge in [0.2, 0.25) is 0 Å². The molecule has 0 nitrogen and oxygen atoms in total. The van der Waals surface area contributed by atoms with Crippen molar-refractivity contribution in [3.05, 3.63) is 133 Å². The summed E-state index contributed by atoms with van der Waals surface area (Å²) in [6.45, 7) is 0. The minimum absolute atomic E-state index is 1.24. The van der Waals surface area contributed by atoms with Gasteiger partial charge in [0.25, 0.3) is 0 Å². The van der Waals surface area contributed by atoms with E-state index in [1.165, 1.54) is 66.4 Å². The summed E-state index contributed by atoms with van der Waals surface area (Å²) in [6, 6.07) is 48.5. The lowest BCUT2D eigenvalue weighted by atomic mass is 9.89. The third-order valence-corrected chi connectivity index (χ3v) is 7.03. The third-order valence-electron chi connectivity index (χ3n) is 7.03. The maximum Gasteiger partial charge on any atom is -0.00264 e. The highest BCUT2D eigenvalue weighted by Crippen LogP contribution is 2.49. The average molecular weight is 431 g/mol. The lowest BCUT2D eigenvalue weighted by molar-refractivity contribution is 1.56. The summed E-state index contributed by atoms with van der Waals surface area (Å²) in [7, 11) is 0. The molecule has 0 bridgehead atoms. The van der Waals surface area contributed by atoms with Gasteiger partial charge in [0.05, 0.1) is 0 Å². The largest absolute Gasteiger partial charge is 0.0622 e. The van der Waals surface area contributed by atoms with Gasteiger partial charge in [-0.1, -0.05) is 121 Å². The molecule has 0 aromatic heterocycles. The van der Waals surface area contributed by atoms with E-state index in [9.17, 15) is 0 Å². The predicted molar refractivity (Wildman–Crippen MR) is 145 cm³/mol. The van der Waals surface area contributed by atoms with Crippen LogP contribution in [0, 0.1) is 0 Å². The van der Waals surface area contributed by atoms with Gasteiger partial charge in [-0.3, -0.25) is 0 Å². The van der Waals surface area contributed by atoms with Gasteiger partial charge in [-0.2, -0.15) is 0 Å². The molecular weight excluding hydrogens is 408 g/mol. The molecule has 0 saturated heterocycles. The van der Waals surface area contributed by atoms with Gasteiger partial charge < -0.3 is 0 Å². The van der Waals surface area contributed by atoms with E-state index in [-0.39, 0.29) is 0 Å². The van der Waals surface area contributed by atoms with Crippen LogP contribution in [0.4, 0.5) is 0 Å². The Morgan fingerprint density at radius 3 is 1.59 bits per heavy atom. The minimum atomic E-state index is 1.24. The van der Waals surface area contributed by atoms with Crippen molar-refractivity contribution in [2.45, 2.75) is 0 Å². The molecule has 0 atom stereocenters. The fourth-order valence-electron chi connectivity index (χ4n) is 5.42. The predicted octanol–water partition coefficient (Wildman–Crippen LogP) is 9.49. The maximum absolute atomic E-state index is 2.39. The van der Waals surface area contributed by atoms with Crippen LogP contribution in [-0.2, 0) is 0 Å². The fourth-order valence-corrected chi connectivity index (χ4v) is 5.42. The molecule has 1 aliphatic rings. The first kappa shape index (κ1) is 19.1. The molecule has 158 valence electrons. The normalized spacial score (nSPS) is 11.5. The molecule has 0 radical (unpaired) electrons. The SMILES string of the molecule is c1ccc(-c2ccc(-c3ccccc3)c(-c3ccc4c(c3)-c3cccc5cccc-4c35)c2)cc1. The van der Waals surface area contributed by atoms with Crippen molar-refractivity contribution >= 4 is 10.8 Å². The molecule has 0 N–H and O–H groups in total. The number of benzene rings is 6. The summed E-state index contributed by atoms with van der Waals surface area (Å²) in [5, 5.41) is 2.68. The van der Waals surface area contributed by atoms with Crippen LogP contribution in [0.2, 0.25) is 0 Å². The van der Waals surface area contributed by atoms with E-state index < -0.39 is 0 Å². The van der Waals surface area contributed by atoms with Crippen LogP contribution in [0.15, 0.2) is 133 Å². The van der Waals surface area contributed by atoms with E-state index in [1.54, 1.807) is 0 Å². The zero-order valence-electron chi connectivity index (χ0n) is 18.7. The summed E-state index contributed by atoms with van der Waals surface area (Å²) in [5.74, 6) is 0. The molecule has 6 aromatic carbocycles. The second-order valence-corrected chi connectivity index (χ2v) is 8.96. The number of hydrogen-bond donors (Lipinski definition) is 0. The lowest BCUT2D eigenvalue weighted by Gasteiger charge is -2.15. The van der Waals surface area contributed by atoms with Crippen LogP contribution >= 0.6 is 0 Å². The first-order chi connectivity index (χ1) is 16.9. The van der Waals surface area contributed by atoms with Crippen LogP contribution in [0.3, 0.4) is 0 Å². The highest BCUT2D eigenvalue weighted by Gasteiger charge is 2.22. The molecule has 0 fully saturated rings. The Labute approximate surface area is 199 Å². The van der Waals surface area contributed by atoms with E-state index in [0.717, 1.165) is 0 Å². The molecule has 7 rings (SSSR count). The molecule has 0 aliphatic heterocycles. The second kappa shape index (κ2) is 7.57. The van der Waals surface area contributed by atoms with E-state index in [1.807, 2.05) is 0 Å². The summed E-state index contributed by atoms with van der Waals surface area (Å²) >= 11 is 0. The van der Waals surface area contributed by atoms with Gasteiger partial charge in [-0.15, -0.1) is 0 Å².